The molecule has 1 aliphatic heterocycles. The summed E-state index contributed by atoms with van der Waals surface area (Å²) in [5, 5.41) is 8.60. The van der Waals surface area contributed by atoms with E-state index < -0.39 is 5.97 Å². The summed E-state index contributed by atoms with van der Waals surface area (Å²) in [5.41, 5.74) is 0. The molecule has 0 aliphatic carbocycles. The van der Waals surface area contributed by atoms with E-state index in [0.717, 1.165) is 30.5 Å². The molecule has 2 heterocycles. The molecular weight excluding hydrogens is 288 g/mol. The molecule has 2 rings (SSSR count). The summed E-state index contributed by atoms with van der Waals surface area (Å²) < 4.78 is 0. The minimum atomic E-state index is -0.988. The van der Waals surface area contributed by atoms with E-state index in [9.17, 15) is 9.59 Å². The Morgan fingerprint density at radius 1 is 1.52 bits per heavy atom. The molecule has 1 unspecified atom stereocenters. The van der Waals surface area contributed by atoms with Crippen molar-refractivity contribution < 1.29 is 14.7 Å². The predicted octanol–water partition coefficient (Wildman–Crippen LogP) is 2.01. The number of amides is 1. The highest BCUT2D eigenvalue weighted by molar-refractivity contribution is 7.14. The van der Waals surface area contributed by atoms with Gasteiger partial charge >= 0.3 is 5.97 Å². The maximum Gasteiger partial charge on any atom is 0.328 e. The number of hydrogen-bond acceptors (Lipinski definition) is 4. The van der Waals surface area contributed by atoms with Crippen molar-refractivity contribution in [2.24, 2.45) is 0 Å². The third-order valence-corrected chi connectivity index (χ3v) is 4.77. The maximum atomic E-state index is 12.4. The summed E-state index contributed by atoms with van der Waals surface area (Å²) >= 11 is 1.32. The quantitative estimate of drug-likeness (QED) is 0.845. The van der Waals surface area contributed by atoms with Gasteiger partial charge in [-0.1, -0.05) is 0 Å². The van der Waals surface area contributed by atoms with Crippen LogP contribution in [0.4, 0.5) is 0 Å². The zero-order chi connectivity index (χ0) is 15.4. The lowest BCUT2D eigenvalue weighted by atomic mass is 10.2. The Kier molecular flexibility index (Phi) is 5.14. The molecule has 1 aromatic heterocycles. The standard InChI is InChI=1S/C15H20N2O3S/c1-16-9-3-4-11(16)10-17(2)15(20)13-7-5-12(21-13)6-8-14(18)19/h5-8,11H,3-4,9-10H2,1-2H3,(H,18,19). The van der Waals surface area contributed by atoms with Gasteiger partial charge in [-0.2, -0.15) is 0 Å². The molecule has 0 spiro atoms. The van der Waals surface area contributed by atoms with Crippen LogP contribution in [-0.4, -0.2) is 60.0 Å². The first kappa shape index (κ1) is 15.7. The lowest BCUT2D eigenvalue weighted by molar-refractivity contribution is -0.131. The fraction of sp³-hybridized carbons (Fsp3) is 0.467. The molecular formula is C15H20N2O3S. The van der Waals surface area contributed by atoms with E-state index >= 15 is 0 Å². The number of nitrogens with zero attached hydrogens (tertiary/aromatic N) is 2. The second-order valence-electron chi connectivity index (χ2n) is 5.34. The summed E-state index contributed by atoms with van der Waals surface area (Å²) in [6, 6.07) is 3.96. The minimum absolute atomic E-state index is 0.00437. The van der Waals surface area contributed by atoms with Crippen LogP contribution in [0.5, 0.6) is 0 Å². The molecule has 21 heavy (non-hydrogen) atoms. The number of likely N-dealkylation sites (tertiary alicyclic amines) is 1. The van der Waals surface area contributed by atoms with Crippen molar-refractivity contribution in [3.05, 3.63) is 28.0 Å². The van der Waals surface area contributed by atoms with E-state index in [2.05, 4.69) is 11.9 Å². The Hall–Kier alpha value is -1.66. The van der Waals surface area contributed by atoms with Crippen molar-refractivity contribution in [2.75, 3.05) is 27.2 Å². The number of rotatable bonds is 5. The highest BCUT2D eigenvalue weighted by atomic mass is 32.1. The second-order valence-corrected chi connectivity index (χ2v) is 6.45. The molecule has 1 aromatic rings. The van der Waals surface area contributed by atoms with Crippen molar-refractivity contribution in [1.82, 2.24) is 9.80 Å². The summed E-state index contributed by atoms with van der Waals surface area (Å²) in [4.78, 5) is 28.3. The average molecular weight is 308 g/mol. The highest BCUT2D eigenvalue weighted by Gasteiger charge is 2.24. The summed E-state index contributed by atoms with van der Waals surface area (Å²) in [6.07, 6.45) is 4.91. The van der Waals surface area contributed by atoms with Crippen molar-refractivity contribution in [1.29, 1.82) is 0 Å². The van der Waals surface area contributed by atoms with Gasteiger partial charge in [0.05, 0.1) is 4.88 Å². The first-order valence-corrected chi connectivity index (χ1v) is 7.75. The van der Waals surface area contributed by atoms with E-state index in [1.807, 2.05) is 7.05 Å². The van der Waals surface area contributed by atoms with Crippen LogP contribution in [0.15, 0.2) is 18.2 Å². The second kappa shape index (κ2) is 6.87. The molecule has 0 aromatic carbocycles. The van der Waals surface area contributed by atoms with Crippen LogP contribution < -0.4 is 0 Å². The molecule has 6 heteroatoms. The van der Waals surface area contributed by atoms with E-state index in [1.54, 1.807) is 17.0 Å². The van der Waals surface area contributed by atoms with Gasteiger partial charge < -0.3 is 14.9 Å². The van der Waals surface area contributed by atoms with E-state index in [-0.39, 0.29) is 5.91 Å². The molecule has 0 bridgehead atoms. The number of hydrogen-bond donors (Lipinski definition) is 1. The van der Waals surface area contributed by atoms with Gasteiger partial charge in [0.15, 0.2) is 0 Å². The zero-order valence-corrected chi connectivity index (χ0v) is 13.1. The first-order valence-electron chi connectivity index (χ1n) is 6.94. The molecule has 114 valence electrons. The van der Waals surface area contributed by atoms with Gasteiger partial charge in [0.25, 0.3) is 5.91 Å². The number of likely N-dealkylation sites (N-methyl/N-ethyl adjacent to an activating group) is 2. The molecule has 1 atom stereocenters. The topological polar surface area (TPSA) is 60.9 Å². The highest BCUT2D eigenvalue weighted by Crippen LogP contribution is 2.21. The summed E-state index contributed by atoms with van der Waals surface area (Å²) in [5.74, 6) is -0.993. The minimum Gasteiger partial charge on any atom is -0.478 e. The van der Waals surface area contributed by atoms with Crippen molar-refractivity contribution in [3.8, 4) is 0 Å². The van der Waals surface area contributed by atoms with Crippen LogP contribution in [-0.2, 0) is 4.79 Å². The van der Waals surface area contributed by atoms with Gasteiger partial charge in [-0.25, -0.2) is 4.79 Å². The fourth-order valence-corrected chi connectivity index (χ4v) is 3.41. The molecule has 5 nitrogen and oxygen atoms in total. The zero-order valence-electron chi connectivity index (χ0n) is 12.3. The first-order chi connectivity index (χ1) is 9.97. The van der Waals surface area contributed by atoms with Crippen molar-refractivity contribution >= 4 is 29.3 Å². The Morgan fingerprint density at radius 3 is 2.90 bits per heavy atom. The van der Waals surface area contributed by atoms with Gasteiger partial charge in [0, 0.05) is 30.6 Å². The van der Waals surface area contributed by atoms with E-state index in [4.69, 9.17) is 5.11 Å². The predicted molar refractivity (Wildman–Crippen MR) is 83.6 cm³/mol. The molecule has 1 aliphatic rings. The Balaban J connectivity index is 1.97. The van der Waals surface area contributed by atoms with E-state index in [0.29, 0.717) is 10.9 Å². The third-order valence-electron chi connectivity index (χ3n) is 3.73. The molecule has 1 N–H and O–H groups in total. The number of thiophene rings is 1. The summed E-state index contributed by atoms with van der Waals surface area (Å²) in [7, 11) is 3.91. The monoisotopic (exact) mass is 308 g/mol. The Bertz CT molecular complexity index is 553. The molecule has 1 amide bonds. The normalized spacial score (nSPS) is 19.2. The van der Waals surface area contributed by atoms with Crippen LogP contribution in [0.2, 0.25) is 0 Å². The average Bonchev–Trinajstić information content (AvgIpc) is 3.05. The number of carbonyl (C=O) groups excluding carboxylic acids is 1. The Labute approximate surface area is 128 Å². The number of carboxylic acid groups (broad SMARTS) is 1. The van der Waals surface area contributed by atoms with Crippen molar-refractivity contribution in [3.63, 3.8) is 0 Å². The molecule has 1 fully saturated rings. The molecule has 0 saturated carbocycles. The fourth-order valence-electron chi connectivity index (χ4n) is 2.51. The maximum absolute atomic E-state index is 12.4. The van der Waals surface area contributed by atoms with Crippen LogP contribution in [0.25, 0.3) is 6.08 Å². The van der Waals surface area contributed by atoms with Crippen LogP contribution in [0.3, 0.4) is 0 Å². The third kappa shape index (κ3) is 4.15. The molecule has 0 radical (unpaired) electrons. The Morgan fingerprint density at radius 2 is 2.29 bits per heavy atom. The van der Waals surface area contributed by atoms with Crippen LogP contribution in [0, 0.1) is 0 Å². The summed E-state index contributed by atoms with van der Waals surface area (Å²) in [6.45, 7) is 1.82. The van der Waals surface area contributed by atoms with E-state index in [1.165, 1.54) is 23.8 Å². The van der Waals surface area contributed by atoms with Gasteiger partial charge in [-0.15, -0.1) is 11.3 Å². The van der Waals surface area contributed by atoms with Gasteiger partial charge in [0.1, 0.15) is 0 Å². The van der Waals surface area contributed by atoms with Gasteiger partial charge in [0.2, 0.25) is 0 Å². The largest absolute Gasteiger partial charge is 0.478 e. The van der Waals surface area contributed by atoms with Crippen molar-refractivity contribution in [2.45, 2.75) is 18.9 Å². The lowest BCUT2D eigenvalue weighted by Gasteiger charge is -2.25. The smallest absolute Gasteiger partial charge is 0.328 e. The van der Waals surface area contributed by atoms with Crippen LogP contribution in [0.1, 0.15) is 27.4 Å². The SMILES string of the molecule is CN(CC1CCCN1C)C(=O)c1ccc(C=CC(=O)O)s1. The number of carbonyl (C=O) groups is 2. The van der Waals surface area contributed by atoms with Gasteiger partial charge in [-0.05, 0) is 44.6 Å². The van der Waals surface area contributed by atoms with Gasteiger partial charge in [-0.3, -0.25) is 4.79 Å². The van der Waals surface area contributed by atoms with Crippen LogP contribution >= 0.6 is 11.3 Å². The lowest BCUT2D eigenvalue weighted by Crippen LogP contribution is -2.39. The number of aliphatic carboxylic acids is 1. The number of carboxylic acids is 1. The molecule has 1 saturated heterocycles.